The molecule has 0 bridgehead atoms. The largest absolute Gasteiger partial charge is 0.390 e. The second-order valence-corrected chi connectivity index (χ2v) is 6.44. The Morgan fingerprint density at radius 1 is 0.800 bits per heavy atom. The minimum atomic E-state index is -0.236. The van der Waals surface area contributed by atoms with Gasteiger partial charge in [-0.3, -0.25) is 0 Å². The summed E-state index contributed by atoms with van der Waals surface area (Å²) >= 11 is 0. The van der Waals surface area contributed by atoms with Crippen LogP contribution in [0.15, 0.2) is 0 Å². The van der Waals surface area contributed by atoms with Gasteiger partial charge in [0.2, 0.25) is 0 Å². The van der Waals surface area contributed by atoms with Gasteiger partial charge in [0.1, 0.15) is 0 Å². The average Bonchev–Trinajstić information content (AvgIpc) is 2.44. The predicted molar refractivity (Wildman–Crippen MR) is 86.1 cm³/mol. The summed E-state index contributed by atoms with van der Waals surface area (Å²) in [5.74, 6) is 0. The molecule has 0 saturated heterocycles. The lowest BCUT2D eigenvalue weighted by Crippen LogP contribution is -2.29. The Balaban J connectivity index is 2.25. The Labute approximate surface area is 126 Å². The van der Waals surface area contributed by atoms with Gasteiger partial charge < -0.3 is 9.84 Å². The first-order valence-electron chi connectivity index (χ1n) is 9.14. The molecule has 0 aromatic heterocycles. The van der Waals surface area contributed by atoms with Crippen molar-refractivity contribution in [2.45, 2.75) is 109 Å². The Bertz CT molecular complexity index is 206. The zero-order valence-electron chi connectivity index (χ0n) is 13.6. The van der Waals surface area contributed by atoms with Crippen molar-refractivity contribution in [1.29, 1.82) is 0 Å². The molecule has 0 aliphatic heterocycles. The maximum Gasteiger partial charge on any atom is 0.0833 e. The van der Waals surface area contributed by atoms with E-state index in [4.69, 9.17) is 4.74 Å². The number of rotatable bonds is 6. The second-order valence-electron chi connectivity index (χ2n) is 6.44. The molecule has 0 aromatic carbocycles. The van der Waals surface area contributed by atoms with Gasteiger partial charge in [0.25, 0.3) is 0 Å². The topological polar surface area (TPSA) is 29.5 Å². The van der Waals surface area contributed by atoms with Crippen LogP contribution >= 0.6 is 0 Å². The fourth-order valence-electron chi connectivity index (χ4n) is 3.10. The maximum atomic E-state index is 10.3. The highest BCUT2D eigenvalue weighted by atomic mass is 16.5. The fourth-order valence-corrected chi connectivity index (χ4v) is 3.10. The van der Waals surface area contributed by atoms with Gasteiger partial charge in [-0.2, -0.15) is 0 Å². The highest BCUT2D eigenvalue weighted by Crippen LogP contribution is 2.19. The van der Waals surface area contributed by atoms with E-state index in [2.05, 4.69) is 6.92 Å². The smallest absolute Gasteiger partial charge is 0.0833 e. The molecule has 20 heavy (non-hydrogen) atoms. The van der Waals surface area contributed by atoms with Crippen LogP contribution in [-0.4, -0.2) is 23.9 Å². The van der Waals surface area contributed by atoms with Gasteiger partial charge in [-0.25, -0.2) is 0 Å². The standard InChI is InChI=1S/C18H36O2/c1-2-3-4-13-16-20-18-15-12-10-8-6-5-7-9-11-14-17(18)19/h17-19H,2-16H2,1H3. The molecule has 0 amide bonds. The third kappa shape index (κ3) is 8.97. The van der Waals surface area contributed by atoms with Crippen molar-refractivity contribution in [2.24, 2.45) is 0 Å². The van der Waals surface area contributed by atoms with Crippen molar-refractivity contribution in [3.8, 4) is 0 Å². The summed E-state index contributed by atoms with van der Waals surface area (Å²) in [4.78, 5) is 0. The van der Waals surface area contributed by atoms with E-state index in [1.807, 2.05) is 0 Å². The highest BCUT2D eigenvalue weighted by Gasteiger charge is 2.19. The number of ether oxygens (including phenoxy) is 1. The highest BCUT2D eigenvalue weighted by molar-refractivity contribution is 4.70. The monoisotopic (exact) mass is 284 g/mol. The van der Waals surface area contributed by atoms with Gasteiger partial charge in [0.15, 0.2) is 0 Å². The molecule has 0 spiro atoms. The molecule has 0 aromatic rings. The van der Waals surface area contributed by atoms with Crippen LogP contribution in [0.3, 0.4) is 0 Å². The van der Waals surface area contributed by atoms with E-state index in [0.717, 1.165) is 32.3 Å². The zero-order chi connectivity index (χ0) is 14.5. The van der Waals surface area contributed by atoms with Gasteiger partial charge in [-0.1, -0.05) is 77.6 Å². The van der Waals surface area contributed by atoms with Crippen LogP contribution in [0.1, 0.15) is 96.8 Å². The molecule has 120 valence electrons. The van der Waals surface area contributed by atoms with Crippen LogP contribution in [0.5, 0.6) is 0 Å². The number of hydrogen-bond donors (Lipinski definition) is 1. The zero-order valence-corrected chi connectivity index (χ0v) is 13.6. The van der Waals surface area contributed by atoms with E-state index < -0.39 is 0 Å². The van der Waals surface area contributed by atoms with Crippen molar-refractivity contribution < 1.29 is 9.84 Å². The molecule has 1 rings (SSSR count). The van der Waals surface area contributed by atoms with Crippen LogP contribution in [-0.2, 0) is 4.74 Å². The van der Waals surface area contributed by atoms with E-state index in [0.29, 0.717) is 0 Å². The average molecular weight is 284 g/mol. The molecule has 2 unspecified atom stereocenters. The summed E-state index contributed by atoms with van der Waals surface area (Å²) in [5, 5.41) is 10.3. The third-order valence-electron chi connectivity index (χ3n) is 4.50. The summed E-state index contributed by atoms with van der Waals surface area (Å²) in [5.41, 5.74) is 0. The van der Waals surface area contributed by atoms with E-state index in [1.54, 1.807) is 0 Å². The molecule has 1 aliphatic rings. The Hall–Kier alpha value is -0.0800. The van der Waals surface area contributed by atoms with Crippen LogP contribution in [0.4, 0.5) is 0 Å². The summed E-state index contributed by atoms with van der Waals surface area (Å²) in [6.45, 7) is 3.07. The summed E-state index contributed by atoms with van der Waals surface area (Å²) in [6.07, 6.45) is 17.3. The molecule has 0 radical (unpaired) electrons. The first-order valence-corrected chi connectivity index (χ1v) is 9.14. The number of aliphatic hydroxyl groups excluding tert-OH is 1. The van der Waals surface area contributed by atoms with E-state index in [1.165, 1.54) is 64.2 Å². The van der Waals surface area contributed by atoms with E-state index in [9.17, 15) is 5.11 Å². The van der Waals surface area contributed by atoms with Gasteiger partial charge in [0, 0.05) is 6.61 Å². The summed E-state index contributed by atoms with van der Waals surface area (Å²) < 4.78 is 6.00. The lowest BCUT2D eigenvalue weighted by atomic mass is 9.97. The number of unbranched alkanes of at least 4 members (excludes halogenated alkanes) is 3. The lowest BCUT2D eigenvalue weighted by molar-refractivity contribution is -0.0475. The van der Waals surface area contributed by atoms with Crippen molar-refractivity contribution >= 4 is 0 Å². The van der Waals surface area contributed by atoms with E-state index >= 15 is 0 Å². The number of hydrogen-bond acceptors (Lipinski definition) is 2. The first kappa shape index (κ1) is 18.0. The molecule has 0 heterocycles. The molecule has 2 atom stereocenters. The van der Waals surface area contributed by atoms with Crippen LogP contribution in [0.2, 0.25) is 0 Å². The van der Waals surface area contributed by atoms with Crippen LogP contribution in [0, 0.1) is 0 Å². The molecule has 1 fully saturated rings. The molecule has 1 aliphatic carbocycles. The van der Waals surface area contributed by atoms with Gasteiger partial charge in [-0.05, 0) is 19.3 Å². The molecular weight excluding hydrogens is 248 g/mol. The Kier molecular flexibility index (Phi) is 11.4. The minimum Gasteiger partial charge on any atom is -0.390 e. The minimum absolute atomic E-state index is 0.0936. The van der Waals surface area contributed by atoms with Crippen molar-refractivity contribution in [1.82, 2.24) is 0 Å². The third-order valence-corrected chi connectivity index (χ3v) is 4.50. The summed E-state index contributed by atoms with van der Waals surface area (Å²) in [7, 11) is 0. The fraction of sp³-hybridized carbons (Fsp3) is 1.00. The lowest BCUT2D eigenvalue weighted by Gasteiger charge is -2.24. The molecule has 1 saturated carbocycles. The molecule has 2 nitrogen and oxygen atoms in total. The molecular formula is C18H36O2. The van der Waals surface area contributed by atoms with Gasteiger partial charge >= 0.3 is 0 Å². The van der Waals surface area contributed by atoms with Gasteiger partial charge in [-0.15, -0.1) is 0 Å². The predicted octanol–water partition coefficient (Wildman–Crippen LogP) is 5.23. The summed E-state index contributed by atoms with van der Waals surface area (Å²) in [6, 6.07) is 0. The SMILES string of the molecule is CCCCCCOC1CCCCCCCCCCC1O. The van der Waals surface area contributed by atoms with Crippen molar-refractivity contribution in [3.63, 3.8) is 0 Å². The van der Waals surface area contributed by atoms with Crippen molar-refractivity contribution in [2.75, 3.05) is 6.61 Å². The quantitative estimate of drug-likeness (QED) is 0.677. The van der Waals surface area contributed by atoms with Crippen LogP contribution in [0.25, 0.3) is 0 Å². The number of aliphatic hydroxyl groups is 1. The Morgan fingerprint density at radius 2 is 1.40 bits per heavy atom. The van der Waals surface area contributed by atoms with Gasteiger partial charge in [0.05, 0.1) is 12.2 Å². The first-order chi connectivity index (χ1) is 9.84. The van der Waals surface area contributed by atoms with Crippen molar-refractivity contribution in [3.05, 3.63) is 0 Å². The normalized spacial score (nSPS) is 26.7. The maximum absolute atomic E-state index is 10.3. The molecule has 2 heteroatoms. The Morgan fingerprint density at radius 3 is 2.05 bits per heavy atom. The molecule has 1 N–H and O–H groups in total. The second kappa shape index (κ2) is 12.6. The van der Waals surface area contributed by atoms with E-state index in [-0.39, 0.29) is 12.2 Å². The van der Waals surface area contributed by atoms with Crippen LogP contribution < -0.4 is 0 Å².